The van der Waals surface area contributed by atoms with Crippen LogP contribution in [-0.4, -0.2) is 17.1 Å². The third kappa shape index (κ3) is 2.01. The van der Waals surface area contributed by atoms with E-state index in [4.69, 9.17) is 4.74 Å². The molecule has 3 fully saturated rings. The second-order valence-corrected chi connectivity index (χ2v) is 7.48. The highest BCUT2D eigenvalue weighted by Crippen LogP contribution is 2.56. The smallest absolute Gasteiger partial charge is 0.0937 e. The van der Waals surface area contributed by atoms with Crippen LogP contribution in [0.3, 0.4) is 0 Å². The van der Waals surface area contributed by atoms with E-state index in [9.17, 15) is 0 Å². The molecule has 2 heteroatoms. The SMILES string of the molecule is CC1(COC=C2CCCC2)CC2CCC1S2. The summed E-state index contributed by atoms with van der Waals surface area (Å²) in [6.45, 7) is 3.38. The molecule has 3 aliphatic rings. The lowest BCUT2D eigenvalue weighted by Gasteiger charge is -2.31. The largest absolute Gasteiger partial charge is 0.501 e. The zero-order valence-electron chi connectivity index (χ0n) is 10.2. The molecular weight excluding hydrogens is 216 g/mol. The minimum atomic E-state index is 0.462. The Hall–Kier alpha value is -0.110. The molecule has 0 aromatic heterocycles. The fourth-order valence-corrected chi connectivity index (χ4v) is 5.45. The van der Waals surface area contributed by atoms with Gasteiger partial charge in [0.2, 0.25) is 0 Å². The van der Waals surface area contributed by atoms with E-state index in [2.05, 4.69) is 24.9 Å². The number of fused-ring (bicyclic) bond motifs is 2. The lowest BCUT2D eigenvalue weighted by Crippen LogP contribution is -2.32. The topological polar surface area (TPSA) is 9.23 Å². The van der Waals surface area contributed by atoms with Crippen LogP contribution in [0.4, 0.5) is 0 Å². The van der Waals surface area contributed by atoms with E-state index in [1.54, 1.807) is 5.57 Å². The summed E-state index contributed by atoms with van der Waals surface area (Å²) in [5, 5.41) is 1.82. The monoisotopic (exact) mass is 238 g/mol. The molecule has 1 nitrogen and oxygen atoms in total. The molecule has 1 saturated carbocycles. The quantitative estimate of drug-likeness (QED) is 0.684. The van der Waals surface area contributed by atoms with Crippen LogP contribution in [0.2, 0.25) is 0 Å². The first-order valence-electron chi connectivity index (χ1n) is 6.71. The fraction of sp³-hybridized carbons (Fsp3) is 0.857. The summed E-state index contributed by atoms with van der Waals surface area (Å²) in [5.41, 5.74) is 2.00. The Bertz CT molecular complexity index is 291. The molecule has 16 heavy (non-hydrogen) atoms. The average molecular weight is 238 g/mol. The van der Waals surface area contributed by atoms with E-state index in [1.165, 1.54) is 44.9 Å². The molecule has 3 unspecified atom stereocenters. The van der Waals surface area contributed by atoms with Gasteiger partial charge >= 0.3 is 0 Å². The predicted octanol–water partition coefficient (Wildman–Crippen LogP) is 4.14. The van der Waals surface area contributed by atoms with Crippen LogP contribution in [0, 0.1) is 5.41 Å². The van der Waals surface area contributed by atoms with Crippen molar-refractivity contribution in [2.45, 2.75) is 62.4 Å². The van der Waals surface area contributed by atoms with Gasteiger partial charge in [0.05, 0.1) is 12.9 Å². The number of allylic oxidation sites excluding steroid dienone is 1. The maximum atomic E-state index is 5.88. The van der Waals surface area contributed by atoms with E-state index in [1.807, 2.05) is 0 Å². The van der Waals surface area contributed by atoms with Crippen LogP contribution in [0.1, 0.15) is 51.9 Å². The Kier molecular flexibility index (Phi) is 2.95. The van der Waals surface area contributed by atoms with Crippen molar-refractivity contribution < 1.29 is 4.74 Å². The number of ether oxygens (including phenoxy) is 1. The summed E-state index contributed by atoms with van der Waals surface area (Å²) in [4.78, 5) is 0. The Balaban J connectivity index is 1.53. The van der Waals surface area contributed by atoms with Crippen molar-refractivity contribution in [3.63, 3.8) is 0 Å². The summed E-state index contributed by atoms with van der Waals surface area (Å²) in [5.74, 6) is 0. The molecule has 2 aliphatic heterocycles. The highest BCUT2D eigenvalue weighted by atomic mass is 32.2. The maximum absolute atomic E-state index is 5.88. The third-order valence-electron chi connectivity index (χ3n) is 4.49. The van der Waals surface area contributed by atoms with Gasteiger partial charge in [-0.05, 0) is 50.5 Å². The van der Waals surface area contributed by atoms with Crippen LogP contribution in [-0.2, 0) is 4.74 Å². The van der Waals surface area contributed by atoms with Gasteiger partial charge in [0.1, 0.15) is 0 Å². The highest BCUT2D eigenvalue weighted by molar-refractivity contribution is 8.01. The Morgan fingerprint density at radius 3 is 2.81 bits per heavy atom. The fourth-order valence-electron chi connectivity index (χ4n) is 3.47. The Morgan fingerprint density at radius 1 is 1.38 bits per heavy atom. The van der Waals surface area contributed by atoms with Crippen LogP contribution < -0.4 is 0 Å². The first-order chi connectivity index (χ1) is 7.76. The van der Waals surface area contributed by atoms with Gasteiger partial charge in [-0.25, -0.2) is 0 Å². The van der Waals surface area contributed by atoms with Crippen molar-refractivity contribution in [1.29, 1.82) is 0 Å². The zero-order chi connectivity index (χ0) is 11.0. The molecule has 0 aromatic carbocycles. The van der Waals surface area contributed by atoms with Crippen LogP contribution >= 0.6 is 11.8 Å². The van der Waals surface area contributed by atoms with Crippen molar-refractivity contribution in [2.24, 2.45) is 5.41 Å². The van der Waals surface area contributed by atoms with E-state index < -0.39 is 0 Å². The van der Waals surface area contributed by atoms with Crippen molar-refractivity contribution in [2.75, 3.05) is 6.61 Å². The molecule has 0 radical (unpaired) electrons. The van der Waals surface area contributed by atoms with Crippen molar-refractivity contribution in [1.82, 2.24) is 0 Å². The Labute approximate surface area is 103 Å². The molecule has 3 atom stereocenters. The first kappa shape index (κ1) is 11.0. The second kappa shape index (κ2) is 4.29. The van der Waals surface area contributed by atoms with Gasteiger partial charge in [-0.3, -0.25) is 0 Å². The second-order valence-electron chi connectivity index (χ2n) is 5.98. The van der Waals surface area contributed by atoms with Crippen molar-refractivity contribution in [3.8, 4) is 0 Å². The van der Waals surface area contributed by atoms with Crippen molar-refractivity contribution in [3.05, 3.63) is 11.8 Å². The number of rotatable bonds is 3. The summed E-state index contributed by atoms with van der Waals surface area (Å²) in [6, 6.07) is 0. The van der Waals surface area contributed by atoms with Gasteiger partial charge in [0.15, 0.2) is 0 Å². The minimum absolute atomic E-state index is 0.462. The van der Waals surface area contributed by atoms with Gasteiger partial charge in [-0.1, -0.05) is 6.92 Å². The summed E-state index contributed by atoms with van der Waals surface area (Å²) in [7, 11) is 0. The molecule has 2 heterocycles. The summed E-state index contributed by atoms with van der Waals surface area (Å²) < 4.78 is 5.88. The highest BCUT2D eigenvalue weighted by Gasteiger charge is 2.49. The van der Waals surface area contributed by atoms with E-state index in [0.717, 1.165) is 17.1 Å². The molecule has 0 amide bonds. The van der Waals surface area contributed by atoms with Crippen molar-refractivity contribution >= 4 is 11.8 Å². The summed E-state index contributed by atoms with van der Waals surface area (Å²) in [6.07, 6.45) is 11.6. The third-order valence-corrected chi connectivity index (χ3v) is 6.41. The number of thioether (sulfide) groups is 1. The molecule has 2 saturated heterocycles. The molecule has 3 rings (SSSR count). The minimum Gasteiger partial charge on any atom is -0.501 e. The molecule has 0 aromatic rings. The standard InChI is InChI=1S/C14H22OS/c1-14(8-12-6-7-13(14)16-12)10-15-9-11-4-2-3-5-11/h9,12-13H,2-8,10H2,1H3. The molecule has 1 aliphatic carbocycles. The van der Waals surface area contributed by atoms with Gasteiger partial charge in [0, 0.05) is 15.9 Å². The van der Waals surface area contributed by atoms with E-state index in [0.29, 0.717) is 5.41 Å². The predicted molar refractivity (Wildman–Crippen MR) is 69.6 cm³/mol. The molecule has 0 N–H and O–H groups in total. The lowest BCUT2D eigenvalue weighted by atomic mass is 9.76. The normalized spacial score (nSPS) is 41.7. The van der Waals surface area contributed by atoms with Crippen LogP contribution in [0.15, 0.2) is 11.8 Å². The number of hydrogen-bond donors (Lipinski definition) is 0. The van der Waals surface area contributed by atoms with Gasteiger partial charge in [-0.2, -0.15) is 11.8 Å². The lowest BCUT2D eigenvalue weighted by molar-refractivity contribution is 0.104. The zero-order valence-corrected chi connectivity index (χ0v) is 11.0. The Morgan fingerprint density at radius 2 is 2.19 bits per heavy atom. The first-order valence-corrected chi connectivity index (χ1v) is 7.65. The molecule has 90 valence electrons. The van der Waals surface area contributed by atoms with Gasteiger partial charge in [-0.15, -0.1) is 0 Å². The maximum Gasteiger partial charge on any atom is 0.0937 e. The molecule has 2 bridgehead atoms. The number of hydrogen-bond acceptors (Lipinski definition) is 2. The van der Waals surface area contributed by atoms with Gasteiger partial charge < -0.3 is 4.74 Å². The molecular formula is C14H22OS. The van der Waals surface area contributed by atoms with E-state index in [-0.39, 0.29) is 0 Å². The average Bonchev–Trinajstić information content (AvgIpc) is 2.92. The van der Waals surface area contributed by atoms with Crippen LogP contribution in [0.25, 0.3) is 0 Å². The van der Waals surface area contributed by atoms with Crippen LogP contribution in [0.5, 0.6) is 0 Å². The summed E-state index contributed by atoms with van der Waals surface area (Å²) >= 11 is 2.22. The van der Waals surface area contributed by atoms with Gasteiger partial charge in [0.25, 0.3) is 0 Å². The molecule has 0 spiro atoms. The van der Waals surface area contributed by atoms with E-state index >= 15 is 0 Å².